The highest BCUT2D eigenvalue weighted by atomic mass is 35.5. The molecule has 1 saturated heterocycles. The second kappa shape index (κ2) is 10.0. The molecule has 3 aromatic rings. The first-order chi connectivity index (χ1) is 18.0. The van der Waals surface area contributed by atoms with Crippen LogP contribution < -0.4 is 0 Å². The first-order valence-electron chi connectivity index (χ1n) is 12.7. The number of benzene rings is 1. The third-order valence-electron chi connectivity index (χ3n) is 7.06. The summed E-state index contributed by atoms with van der Waals surface area (Å²) in [5, 5.41) is 0.552. The first-order valence-corrected chi connectivity index (χ1v) is 13.1. The van der Waals surface area contributed by atoms with Crippen molar-refractivity contribution < 1.29 is 14.3 Å². The summed E-state index contributed by atoms with van der Waals surface area (Å²) in [4.78, 5) is 39.8. The van der Waals surface area contributed by atoms with Crippen LogP contribution in [0.25, 0.3) is 11.6 Å². The molecule has 0 saturated carbocycles. The van der Waals surface area contributed by atoms with Gasteiger partial charge in [-0.25, -0.2) is 9.78 Å². The van der Waals surface area contributed by atoms with Crippen molar-refractivity contribution in [1.29, 1.82) is 0 Å². The van der Waals surface area contributed by atoms with E-state index in [1.165, 1.54) is 0 Å². The summed E-state index contributed by atoms with van der Waals surface area (Å²) in [7, 11) is 1.84. The number of aromatic nitrogens is 3. The molecule has 1 amide bonds. The van der Waals surface area contributed by atoms with E-state index >= 15 is 0 Å². The summed E-state index contributed by atoms with van der Waals surface area (Å²) in [5.74, 6) is 0.638. The summed E-state index contributed by atoms with van der Waals surface area (Å²) in [6, 6.07) is 9.36. The summed E-state index contributed by atoms with van der Waals surface area (Å²) < 4.78 is 7.39. The van der Waals surface area contributed by atoms with Crippen LogP contribution in [0.5, 0.6) is 0 Å². The van der Waals surface area contributed by atoms with Gasteiger partial charge in [0.25, 0.3) is 0 Å². The molecule has 1 fully saturated rings. The standard InChI is InChI=1S/C29H32ClN5O3/c1-18-32-17-24(33(18)5)27(36)23-15-19-7-6-10-31-25(19)26(21-9-8-20(30)16-22(21)23)34-11-13-35(14-12-34)28(37)38-29(2,3)4/h6-10,15-17,26H,11-14H2,1-5H3. The number of nitrogens with zero attached hydrogens (tertiary/aromatic N) is 5. The average molecular weight is 534 g/mol. The Balaban J connectivity index is 1.55. The van der Waals surface area contributed by atoms with Crippen molar-refractivity contribution in [2.24, 2.45) is 7.05 Å². The van der Waals surface area contributed by atoms with Crippen molar-refractivity contribution in [3.8, 4) is 0 Å². The Morgan fingerprint density at radius 1 is 1.08 bits per heavy atom. The minimum Gasteiger partial charge on any atom is -0.444 e. The highest BCUT2D eigenvalue weighted by molar-refractivity contribution is 6.34. The molecule has 2 aromatic heterocycles. The summed E-state index contributed by atoms with van der Waals surface area (Å²) in [5.41, 5.74) is 3.99. The number of pyridine rings is 1. The molecular weight excluding hydrogens is 502 g/mol. The van der Waals surface area contributed by atoms with Crippen LogP contribution in [0.4, 0.5) is 4.79 Å². The van der Waals surface area contributed by atoms with Gasteiger partial charge in [-0.1, -0.05) is 23.7 Å². The number of aryl methyl sites for hydroxylation is 1. The first kappa shape index (κ1) is 26.1. The molecule has 1 aliphatic carbocycles. The summed E-state index contributed by atoms with van der Waals surface area (Å²) in [6.07, 6.45) is 5.01. The number of hydrogen-bond acceptors (Lipinski definition) is 6. The molecule has 5 rings (SSSR count). The lowest BCUT2D eigenvalue weighted by molar-refractivity contribution is 0.0118. The Kier molecular flexibility index (Phi) is 6.88. The van der Waals surface area contributed by atoms with E-state index in [0.717, 1.165) is 28.2 Å². The number of carbonyl (C=O) groups is 2. The Morgan fingerprint density at radius 2 is 1.82 bits per heavy atom. The van der Waals surface area contributed by atoms with Crippen molar-refractivity contribution in [3.05, 3.63) is 81.7 Å². The number of halogens is 1. The van der Waals surface area contributed by atoms with E-state index in [1.807, 2.05) is 71.2 Å². The molecule has 0 spiro atoms. The van der Waals surface area contributed by atoms with Crippen LogP contribution in [0.15, 0.2) is 42.7 Å². The fourth-order valence-electron chi connectivity index (χ4n) is 5.06. The van der Waals surface area contributed by atoms with Crippen molar-refractivity contribution in [2.75, 3.05) is 26.2 Å². The van der Waals surface area contributed by atoms with Gasteiger partial charge < -0.3 is 14.2 Å². The summed E-state index contributed by atoms with van der Waals surface area (Å²) >= 11 is 6.49. The number of amides is 1. The number of ketones is 1. The lowest BCUT2D eigenvalue weighted by Crippen LogP contribution is -2.51. The zero-order valence-corrected chi connectivity index (χ0v) is 23.1. The molecule has 1 aliphatic heterocycles. The van der Waals surface area contributed by atoms with E-state index in [2.05, 4.69) is 9.88 Å². The molecule has 0 N–H and O–H groups in total. The van der Waals surface area contributed by atoms with E-state index in [9.17, 15) is 9.59 Å². The van der Waals surface area contributed by atoms with Crippen LogP contribution in [-0.2, 0) is 11.8 Å². The van der Waals surface area contributed by atoms with Crippen LogP contribution in [0, 0.1) is 6.92 Å². The highest BCUT2D eigenvalue weighted by Gasteiger charge is 2.36. The molecule has 1 aromatic carbocycles. The third kappa shape index (κ3) is 4.98. The van der Waals surface area contributed by atoms with Crippen molar-refractivity contribution in [3.63, 3.8) is 0 Å². The molecule has 3 heterocycles. The Bertz CT molecular complexity index is 1430. The molecule has 0 bridgehead atoms. The normalized spacial score (nSPS) is 17.8. The largest absolute Gasteiger partial charge is 0.444 e. The Labute approximate surface area is 227 Å². The predicted octanol–water partition coefficient (Wildman–Crippen LogP) is 5.16. The molecular formula is C29H32ClN5O3. The molecule has 38 heavy (non-hydrogen) atoms. The average Bonchev–Trinajstić information content (AvgIpc) is 3.13. The second-order valence-corrected chi connectivity index (χ2v) is 11.2. The van der Waals surface area contributed by atoms with Crippen LogP contribution >= 0.6 is 11.6 Å². The van der Waals surface area contributed by atoms with E-state index in [0.29, 0.717) is 42.5 Å². The van der Waals surface area contributed by atoms with Crippen molar-refractivity contribution in [2.45, 2.75) is 39.3 Å². The number of imidazole rings is 1. The molecule has 9 heteroatoms. The van der Waals surface area contributed by atoms with Gasteiger partial charge >= 0.3 is 6.09 Å². The molecule has 8 nitrogen and oxygen atoms in total. The van der Waals surface area contributed by atoms with Crippen molar-refractivity contribution in [1.82, 2.24) is 24.3 Å². The van der Waals surface area contributed by atoms with Gasteiger partial charge in [0.1, 0.15) is 17.1 Å². The smallest absolute Gasteiger partial charge is 0.410 e. The monoisotopic (exact) mass is 533 g/mol. The zero-order valence-electron chi connectivity index (χ0n) is 22.4. The van der Waals surface area contributed by atoms with Crippen molar-refractivity contribution >= 4 is 35.1 Å². The predicted molar refractivity (Wildman–Crippen MR) is 147 cm³/mol. The number of carbonyl (C=O) groups excluding carboxylic acids is 2. The maximum atomic E-state index is 13.9. The van der Waals surface area contributed by atoms with Crippen LogP contribution in [0.1, 0.15) is 65.5 Å². The Hall–Kier alpha value is -3.49. The fraction of sp³-hybridized carbons (Fsp3) is 0.379. The minimum absolute atomic E-state index is 0.123. The molecule has 2 aliphatic rings. The van der Waals surface area contributed by atoms with Gasteiger partial charge in [-0.05, 0) is 68.7 Å². The number of rotatable bonds is 3. The number of fused-ring (bicyclic) bond motifs is 2. The van der Waals surface area contributed by atoms with Gasteiger partial charge in [-0.3, -0.25) is 14.7 Å². The summed E-state index contributed by atoms with van der Waals surface area (Å²) in [6.45, 7) is 9.81. The third-order valence-corrected chi connectivity index (χ3v) is 7.29. The maximum Gasteiger partial charge on any atom is 0.410 e. The lowest BCUT2D eigenvalue weighted by atomic mass is 9.91. The molecule has 1 atom stereocenters. The van der Waals surface area contributed by atoms with Gasteiger partial charge in [0.05, 0.1) is 17.9 Å². The SMILES string of the molecule is Cc1ncc(C(=O)C2=Cc3cccnc3C(N3CCN(C(=O)OC(C)(C)C)CC3)c3ccc(Cl)cc32)n1C. The number of Topliss-reactive ketones (excluding diaryl/α,β-unsaturated/α-hetero) is 1. The van der Waals surface area contributed by atoms with Crippen LogP contribution in [-0.4, -0.2) is 68.0 Å². The van der Waals surface area contributed by atoms with Gasteiger partial charge in [0.15, 0.2) is 0 Å². The molecule has 1 unspecified atom stereocenters. The van der Waals surface area contributed by atoms with Gasteiger partial charge in [0.2, 0.25) is 5.78 Å². The van der Waals surface area contributed by atoms with E-state index < -0.39 is 5.60 Å². The van der Waals surface area contributed by atoms with Gasteiger partial charge in [0, 0.05) is 50.0 Å². The number of allylic oxidation sites excluding steroid dienone is 1. The minimum atomic E-state index is -0.544. The van der Waals surface area contributed by atoms with E-state index in [4.69, 9.17) is 21.3 Å². The topological polar surface area (TPSA) is 80.6 Å². The Morgan fingerprint density at radius 3 is 2.47 bits per heavy atom. The second-order valence-electron chi connectivity index (χ2n) is 10.8. The highest BCUT2D eigenvalue weighted by Crippen LogP contribution is 2.41. The molecule has 0 radical (unpaired) electrons. The molecule has 198 valence electrons. The zero-order chi connectivity index (χ0) is 27.2. The quantitative estimate of drug-likeness (QED) is 0.433. The van der Waals surface area contributed by atoms with Gasteiger partial charge in [-0.2, -0.15) is 0 Å². The fourth-order valence-corrected chi connectivity index (χ4v) is 5.23. The van der Waals surface area contributed by atoms with E-state index in [-0.39, 0.29) is 17.9 Å². The van der Waals surface area contributed by atoms with Crippen LogP contribution in [0.2, 0.25) is 5.02 Å². The maximum absolute atomic E-state index is 13.9. The van der Waals surface area contributed by atoms with Crippen LogP contribution in [0.3, 0.4) is 0 Å². The lowest BCUT2D eigenvalue weighted by Gasteiger charge is -2.40. The number of piperazine rings is 1. The number of hydrogen-bond donors (Lipinski definition) is 0. The number of ether oxygens (including phenoxy) is 1. The van der Waals surface area contributed by atoms with Gasteiger partial charge in [-0.15, -0.1) is 0 Å². The van der Waals surface area contributed by atoms with E-state index in [1.54, 1.807) is 21.9 Å².